The topological polar surface area (TPSA) is 99.6 Å². The highest BCUT2D eigenvalue weighted by Gasteiger charge is 2.28. The van der Waals surface area contributed by atoms with Gasteiger partial charge in [0.1, 0.15) is 5.82 Å². The summed E-state index contributed by atoms with van der Waals surface area (Å²) in [5.41, 5.74) is 2.74. The van der Waals surface area contributed by atoms with Gasteiger partial charge in [0.05, 0.1) is 36.9 Å². The number of ether oxygens (including phenoxy) is 2. The lowest BCUT2D eigenvalue weighted by Crippen LogP contribution is -2.45. The van der Waals surface area contributed by atoms with E-state index in [1.54, 1.807) is 18.3 Å². The van der Waals surface area contributed by atoms with Crippen LogP contribution in [-0.2, 0) is 9.47 Å². The van der Waals surface area contributed by atoms with Crippen molar-refractivity contribution < 1.29 is 19.0 Å². The Bertz CT molecular complexity index is 1080. The van der Waals surface area contributed by atoms with Gasteiger partial charge in [0.25, 0.3) is 0 Å². The molecule has 9 nitrogen and oxygen atoms in total. The van der Waals surface area contributed by atoms with Gasteiger partial charge < -0.3 is 29.4 Å². The summed E-state index contributed by atoms with van der Waals surface area (Å²) in [4.78, 5) is 21.8. The Hall–Kier alpha value is -2.92. The number of aliphatic hydroxyl groups is 1. The minimum atomic E-state index is -0.681. The van der Waals surface area contributed by atoms with Crippen LogP contribution in [0.4, 0.5) is 10.3 Å². The molecule has 3 aromatic rings. The molecular formula is C23H27FN6O3. The normalized spacial score (nSPS) is 22.0. The second-order valence-corrected chi connectivity index (χ2v) is 8.43. The van der Waals surface area contributed by atoms with Gasteiger partial charge in [0, 0.05) is 43.9 Å². The van der Waals surface area contributed by atoms with Crippen LogP contribution >= 0.6 is 0 Å². The van der Waals surface area contributed by atoms with E-state index in [2.05, 4.69) is 26.8 Å². The lowest BCUT2D eigenvalue weighted by molar-refractivity contribution is -0.213. The highest BCUT2D eigenvalue weighted by Crippen LogP contribution is 2.33. The number of rotatable bonds is 5. The number of anilines is 1. The van der Waals surface area contributed by atoms with Crippen LogP contribution < -0.4 is 4.90 Å². The van der Waals surface area contributed by atoms with Crippen LogP contribution in [0.3, 0.4) is 0 Å². The number of piperazine rings is 1. The molecule has 5 rings (SSSR count). The van der Waals surface area contributed by atoms with E-state index < -0.39 is 6.29 Å². The van der Waals surface area contributed by atoms with Crippen molar-refractivity contribution >= 4 is 5.95 Å². The SMILES string of the molecule is CN1CCN(c2nccc(-c3[nH]c(C4OCC(CO)CO4)nc3-c3ccc(F)cc3)n2)CC1. The molecule has 0 saturated carbocycles. The third-order valence-electron chi connectivity index (χ3n) is 5.97. The summed E-state index contributed by atoms with van der Waals surface area (Å²) in [7, 11) is 2.11. The van der Waals surface area contributed by atoms with Crippen molar-refractivity contribution in [3.63, 3.8) is 0 Å². The highest BCUT2D eigenvalue weighted by atomic mass is 19.1. The van der Waals surface area contributed by atoms with Crippen molar-refractivity contribution in [3.05, 3.63) is 48.2 Å². The molecule has 2 aliphatic rings. The first-order valence-electron chi connectivity index (χ1n) is 11.1. The zero-order valence-corrected chi connectivity index (χ0v) is 18.4. The molecule has 33 heavy (non-hydrogen) atoms. The molecule has 2 saturated heterocycles. The van der Waals surface area contributed by atoms with Gasteiger partial charge in [-0.3, -0.25) is 0 Å². The molecule has 2 N–H and O–H groups in total. The van der Waals surface area contributed by atoms with Crippen molar-refractivity contribution in [1.82, 2.24) is 24.8 Å². The largest absolute Gasteiger partial charge is 0.396 e. The van der Waals surface area contributed by atoms with Crippen LogP contribution in [-0.4, -0.2) is 83.0 Å². The molecule has 0 unspecified atom stereocenters. The third kappa shape index (κ3) is 4.74. The van der Waals surface area contributed by atoms with Crippen molar-refractivity contribution in [2.24, 2.45) is 5.92 Å². The summed E-state index contributed by atoms with van der Waals surface area (Å²) in [5, 5.41) is 9.33. The summed E-state index contributed by atoms with van der Waals surface area (Å²) in [6, 6.07) is 8.01. The molecular weight excluding hydrogens is 427 g/mol. The van der Waals surface area contributed by atoms with Gasteiger partial charge >= 0.3 is 0 Å². The van der Waals surface area contributed by atoms with Gasteiger partial charge in [-0.05, 0) is 37.4 Å². The van der Waals surface area contributed by atoms with Crippen molar-refractivity contribution in [3.8, 4) is 22.6 Å². The lowest BCUT2D eigenvalue weighted by atomic mass is 10.1. The number of likely N-dealkylation sites (N-methyl/N-ethyl adjacent to an activating group) is 1. The summed E-state index contributed by atoms with van der Waals surface area (Å²) >= 11 is 0. The second-order valence-electron chi connectivity index (χ2n) is 8.43. The first-order valence-corrected chi connectivity index (χ1v) is 11.1. The third-order valence-corrected chi connectivity index (χ3v) is 5.97. The molecule has 0 atom stereocenters. The smallest absolute Gasteiger partial charge is 0.225 e. The van der Waals surface area contributed by atoms with Crippen LogP contribution in [0.1, 0.15) is 12.1 Å². The summed E-state index contributed by atoms with van der Waals surface area (Å²) in [6.45, 7) is 4.38. The average Bonchev–Trinajstić information content (AvgIpc) is 3.31. The quantitative estimate of drug-likeness (QED) is 0.605. The van der Waals surface area contributed by atoms with Crippen LogP contribution in [0.5, 0.6) is 0 Å². The Labute approximate surface area is 191 Å². The first kappa shape index (κ1) is 21.9. The number of benzene rings is 1. The fraction of sp³-hybridized carbons (Fsp3) is 0.435. The average molecular weight is 455 g/mol. The van der Waals surface area contributed by atoms with Gasteiger partial charge in [-0.2, -0.15) is 0 Å². The Balaban J connectivity index is 1.50. The maximum atomic E-state index is 13.6. The number of nitrogens with zero attached hydrogens (tertiary/aromatic N) is 5. The predicted molar refractivity (Wildman–Crippen MR) is 120 cm³/mol. The van der Waals surface area contributed by atoms with Gasteiger partial charge in [0.2, 0.25) is 12.2 Å². The van der Waals surface area contributed by atoms with Crippen molar-refractivity contribution in [2.45, 2.75) is 6.29 Å². The molecule has 0 radical (unpaired) electrons. The number of hydrogen-bond acceptors (Lipinski definition) is 8. The van der Waals surface area contributed by atoms with Crippen LogP contribution in [0.15, 0.2) is 36.5 Å². The number of nitrogens with one attached hydrogen (secondary N) is 1. The fourth-order valence-corrected chi connectivity index (χ4v) is 3.96. The van der Waals surface area contributed by atoms with Crippen molar-refractivity contribution in [2.75, 3.05) is 57.9 Å². The predicted octanol–water partition coefficient (Wildman–Crippen LogP) is 2.08. The monoisotopic (exact) mass is 454 g/mol. The molecule has 0 aliphatic carbocycles. The molecule has 2 fully saturated rings. The summed E-state index contributed by atoms with van der Waals surface area (Å²) < 4.78 is 25.1. The zero-order valence-electron chi connectivity index (χ0n) is 18.4. The van der Waals surface area contributed by atoms with E-state index >= 15 is 0 Å². The van der Waals surface area contributed by atoms with E-state index in [1.807, 2.05) is 6.07 Å². The Kier molecular flexibility index (Phi) is 6.32. The number of H-pyrrole nitrogens is 1. The van der Waals surface area contributed by atoms with Gasteiger partial charge in [-0.1, -0.05) is 0 Å². The van der Waals surface area contributed by atoms with E-state index in [4.69, 9.17) is 19.4 Å². The fourth-order valence-electron chi connectivity index (χ4n) is 3.96. The van der Waals surface area contributed by atoms with E-state index in [9.17, 15) is 9.50 Å². The summed E-state index contributed by atoms with van der Waals surface area (Å²) in [6.07, 6.45) is 1.06. The molecule has 174 valence electrons. The van der Waals surface area contributed by atoms with E-state index in [0.717, 1.165) is 31.7 Å². The van der Waals surface area contributed by atoms with Crippen LogP contribution in [0.25, 0.3) is 22.6 Å². The lowest BCUT2D eigenvalue weighted by Gasteiger charge is -2.32. The van der Waals surface area contributed by atoms with Crippen LogP contribution in [0.2, 0.25) is 0 Å². The number of halogens is 1. The van der Waals surface area contributed by atoms with Crippen molar-refractivity contribution in [1.29, 1.82) is 0 Å². The number of aliphatic hydroxyl groups excluding tert-OH is 1. The van der Waals surface area contributed by atoms with E-state index in [-0.39, 0.29) is 18.3 Å². The molecule has 0 amide bonds. The first-order chi connectivity index (χ1) is 16.1. The minimum Gasteiger partial charge on any atom is -0.396 e. The molecule has 0 spiro atoms. The summed E-state index contributed by atoms with van der Waals surface area (Å²) in [5.74, 6) is 0.794. The molecule has 4 heterocycles. The van der Waals surface area contributed by atoms with E-state index in [0.29, 0.717) is 42.1 Å². The van der Waals surface area contributed by atoms with E-state index in [1.165, 1.54) is 12.1 Å². The maximum absolute atomic E-state index is 13.6. The zero-order chi connectivity index (χ0) is 22.8. The number of hydrogen-bond donors (Lipinski definition) is 2. The number of imidazole rings is 1. The molecule has 2 aromatic heterocycles. The molecule has 2 aliphatic heterocycles. The molecule has 0 bridgehead atoms. The highest BCUT2D eigenvalue weighted by molar-refractivity contribution is 5.77. The minimum absolute atomic E-state index is 0.00690. The second kappa shape index (κ2) is 9.52. The molecule has 1 aromatic carbocycles. The Morgan fingerprint density at radius 1 is 1.06 bits per heavy atom. The Morgan fingerprint density at radius 3 is 2.48 bits per heavy atom. The van der Waals surface area contributed by atoms with Gasteiger partial charge in [-0.25, -0.2) is 19.3 Å². The number of aromatic amines is 1. The molecule has 10 heteroatoms. The number of aromatic nitrogens is 4. The standard InChI is InChI=1S/C23H27FN6O3/c1-29-8-10-30(11-9-29)23-25-7-6-18(26-23)20-19(16-2-4-17(24)5-3-16)27-21(28-20)22-32-13-15(12-31)14-33-22/h2-7,15,22,31H,8-14H2,1H3,(H,27,28). The van der Waals surface area contributed by atoms with Gasteiger partial charge in [-0.15, -0.1) is 0 Å². The maximum Gasteiger partial charge on any atom is 0.225 e. The van der Waals surface area contributed by atoms with Crippen LogP contribution in [0, 0.1) is 11.7 Å². The van der Waals surface area contributed by atoms with Gasteiger partial charge in [0.15, 0.2) is 5.82 Å². The Morgan fingerprint density at radius 2 is 1.79 bits per heavy atom.